The number of nitrogens with zero attached hydrogens (tertiary/aromatic N) is 2. The van der Waals surface area contributed by atoms with Gasteiger partial charge in [0.2, 0.25) is 0 Å². The maximum Gasteiger partial charge on any atom is 0.161 e. The molecule has 150 valence electrons. The number of likely N-dealkylation sites (tertiary alicyclic amines) is 1. The number of hydrogen-bond donors (Lipinski definition) is 0. The molecule has 0 aromatic heterocycles. The molecule has 0 radical (unpaired) electrons. The summed E-state index contributed by atoms with van der Waals surface area (Å²) in [6, 6.07) is 5.45. The number of benzene rings is 1. The van der Waals surface area contributed by atoms with Crippen LogP contribution in [0.2, 0.25) is 0 Å². The number of hydrogen-bond acceptors (Lipinski definition) is 5. The molecule has 3 aliphatic heterocycles. The van der Waals surface area contributed by atoms with Crippen molar-refractivity contribution in [2.75, 3.05) is 53.6 Å². The van der Waals surface area contributed by atoms with E-state index in [9.17, 15) is 0 Å². The summed E-state index contributed by atoms with van der Waals surface area (Å²) in [5.41, 5.74) is 2.81. The van der Waals surface area contributed by atoms with Crippen molar-refractivity contribution in [1.82, 2.24) is 9.80 Å². The smallest absolute Gasteiger partial charge is 0.161 e. The topological polar surface area (TPSA) is 34.2 Å². The SMILES string of the molecule is COc1cc2c(cc1OC)[C@@H](C)N([C@@H]1CCCN(C[C@@H]3CCOC3)C1)CC2. The Kier molecular flexibility index (Phi) is 5.90. The molecule has 0 saturated carbocycles. The van der Waals surface area contributed by atoms with E-state index in [1.807, 2.05) is 0 Å². The molecule has 2 fully saturated rings. The van der Waals surface area contributed by atoms with Gasteiger partial charge < -0.3 is 19.1 Å². The molecule has 3 aliphatic rings. The molecule has 3 atom stereocenters. The summed E-state index contributed by atoms with van der Waals surface area (Å²) in [7, 11) is 3.44. The zero-order valence-corrected chi connectivity index (χ0v) is 17.1. The second kappa shape index (κ2) is 8.38. The minimum atomic E-state index is 0.424. The predicted molar refractivity (Wildman–Crippen MR) is 107 cm³/mol. The summed E-state index contributed by atoms with van der Waals surface area (Å²) in [5, 5.41) is 0. The van der Waals surface area contributed by atoms with Gasteiger partial charge in [-0.1, -0.05) is 0 Å². The van der Waals surface area contributed by atoms with Crippen LogP contribution in [-0.4, -0.2) is 69.5 Å². The van der Waals surface area contributed by atoms with Gasteiger partial charge in [-0.15, -0.1) is 0 Å². The maximum atomic E-state index is 5.58. The first-order valence-electron chi connectivity index (χ1n) is 10.5. The lowest BCUT2D eigenvalue weighted by molar-refractivity contribution is 0.0558. The van der Waals surface area contributed by atoms with Crippen molar-refractivity contribution in [3.8, 4) is 11.5 Å². The second-order valence-electron chi connectivity index (χ2n) is 8.36. The Labute approximate surface area is 163 Å². The highest BCUT2D eigenvalue weighted by atomic mass is 16.5. The Morgan fingerprint density at radius 2 is 1.93 bits per heavy atom. The molecule has 0 amide bonds. The molecule has 0 N–H and O–H groups in total. The molecule has 5 nitrogen and oxygen atoms in total. The van der Waals surface area contributed by atoms with E-state index in [0.717, 1.165) is 43.6 Å². The summed E-state index contributed by atoms with van der Waals surface area (Å²) in [4.78, 5) is 5.41. The van der Waals surface area contributed by atoms with Crippen molar-refractivity contribution in [1.29, 1.82) is 0 Å². The fourth-order valence-electron chi connectivity index (χ4n) is 5.22. The standard InChI is InChI=1S/C22H34N2O3/c1-16-20-12-22(26-3)21(25-2)11-18(20)6-9-24(16)19-5-4-8-23(14-19)13-17-7-10-27-15-17/h11-12,16-17,19H,4-10,13-15H2,1-3H3/t16-,17+,19-/m1/s1. The van der Waals surface area contributed by atoms with Gasteiger partial charge in [-0.05, 0) is 68.3 Å². The quantitative estimate of drug-likeness (QED) is 0.791. The van der Waals surface area contributed by atoms with Crippen LogP contribution in [0.25, 0.3) is 0 Å². The maximum absolute atomic E-state index is 5.58. The van der Waals surface area contributed by atoms with Crippen molar-refractivity contribution >= 4 is 0 Å². The molecule has 1 aromatic rings. The monoisotopic (exact) mass is 374 g/mol. The lowest BCUT2D eigenvalue weighted by Gasteiger charge is -2.45. The minimum absolute atomic E-state index is 0.424. The number of rotatable bonds is 5. The summed E-state index contributed by atoms with van der Waals surface area (Å²) >= 11 is 0. The van der Waals surface area contributed by atoms with Gasteiger partial charge in [-0.3, -0.25) is 4.90 Å². The molecule has 0 aliphatic carbocycles. The van der Waals surface area contributed by atoms with Crippen molar-refractivity contribution in [3.05, 3.63) is 23.3 Å². The Morgan fingerprint density at radius 1 is 1.11 bits per heavy atom. The highest BCUT2D eigenvalue weighted by molar-refractivity contribution is 5.49. The average Bonchev–Trinajstić information content (AvgIpc) is 3.20. The van der Waals surface area contributed by atoms with Gasteiger partial charge in [0.15, 0.2) is 11.5 Å². The molecule has 5 heteroatoms. The van der Waals surface area contributed by atoms with Crippen LogP contribution in [0.3, 0.4) is 0 Å². The van der Waals surface area contributed by atoms with Gasteiger partial charge in [0.1, 0.15) is 0 Å². The third-order valence-corrected chi connectivity index (χ3v) is 6.72. The predicted octanol–water partition coefficient (Wildman–Crippen LogP) is 3.12. The molecule has 0 unspecified atom stereocenters. The molecule has 0 spiro atoms. The largest absolute Gasteiger partial charge is 0.493 e. The van der Waals surface area contributed by atoms with Crippen molar-refractivity contribution < 1.29 is 14.2 Å². The Morgan fingerprint density at radius 3 is 2.67 bits per heavy atom. The molecular formula is C22H34N2O3. The van der Waals surface area contributed by atoms with E-state index in [-0.39, 0.29) is 0 Å². The van der Waals surface area contributed by atoms with Gasteiger partial charge in [0.25, 0.3) is 0 Å². The number of ether oxygens (including phenoxy) is 3. The van der Waals surface area contributed by atoms with Crippen LogP contribution < -0.4 is 9.47 Å². The van der Waals surface area contributed by atoms with Crippen LogP contribution in [-0.2, 0) is 11.2 Å². The first-order chi connectivity index (χ1) is 13.2. The van der Waals surface area contributed by atoms with Crippen LogP contribution in [0.1, 0.15) is 43.4 Å². The molecule has 3 heterocycles. The van der Waals surface area contributed by atoms with Crippen molar-refractivity contribution in [2.45, 2.75) is 44.7 Å². The molecule has 0 bridgehead atoms. The first-order valence-corrected chi connectivity index (χ1v) is 10.5. The molecular weight excluding hydrogens is 340 g/mol. The Hall–Kier alpha value is -1.30. The van der Waals surface area contributed by atoms with Crippen molar-refractivity contribution in [2.24, 2.45) is 5.92 Å². The second-order valence-corrected chi connectivity index (χ2v) is 8.36. The fourth-order valence-corrected chi connectivity index (χ4v) is 5.22. The van der Waals surface area contributed by atoms with E-state index in [1.165, 1.54) is 50.0 Å². The summed E-state index contributed by atoms with van der Waals surface area (Å²) in [5.74, 6) is 2.43. The Balaban J connectivity index is 1.46. The highest BCUT2D eigenvalue weighted by Crippen LogP contribution is 2.39. The lowest BCUT2D eigenvalue weighted by atomic mass is 9.90. The Bertz CT molecular complexity index is 645. The highest BCUT2D eigenvalue weighted by Gasteiger charge is 2.33. The van der Waals surface area contributed by atoms with Crippen LogP contribution in [0, 0.1) is 5.92 Å². The zero-order valence-electron chi connectivity index (χ0n) is 17.1. The lowest BCUT2D eigenvalue weighted by Crippen LogP contribution is -2.51. The van der Waals surface area contributed by atoms with E-state index < -0.39 is 0 Å². The molecule has 2 saturated heterocycles. The number of fused-ring (bicyclic) bond motifs is 1. The minimum Gasteiger partial charge on any atom is -0.493 e. The summed E-state index contributed by atoms with van der Waals surface area (Å²) in [6.07, 6.45) is 4.94. The first kappa shape index (κ1) is 19.0. The van der Waals surface area contributed by atoms with E-state index in [2.05, 4.69) is 28.9 Å². The number of methoxy groups -OCH3 is 2. The zero-order chi connectivity index (χ0) is 18.8. The number of piperidine rings is 1. The van der Waals surface area contributed by atoms with E-state index >= 15 is 0 Å². The van der Waals surface area contributed by atoms with E-state index in [1.54, 1.807) is 14.2 Å². The van der Waals surface area contributed by atoms with Crippen LogP contribution in [0.4, 0.5) is 0 Å². The molecule has 4 rings (SSSR count). The van der Waals surface area contributed by atoms with Gasteiger partial charge >= 0.3 is 0 Å². The normalized spacial score (nSPS) is 29.5. The molecule has 27 heavy (non-hydrogen) atoms. The third kappa shape index (κ3) is 3.96. The molecule has 1 aromatic carbocycles. The van der Waals surface area contributed by atoms with Crippen LogP contribution >= 0.6 is 0 Å². The third-order valence-electron chi connectivity index (χ3n) is 6.72. The summed E-state index contributed by atoms with van der Waals surface area (Å²) in [6.45, 7) is 9.05. The van der Waals surface area contributed by atoms with Gasteiger partial charge in [0, 0.05) is 38.3 Å². The van der Waals surface area contributed by atoms with E-state index in [4.69, 9.17) is 14.2 Å². The van der Waals surface area contributed by atoms with Crippen LogP contribution in [0.15, 0.2) is 12.1 Å². The van der Waals surface area contributed by atoms with E-state index in [0.29, 0.717) is 12.1 Å². The van der Waals surface area contributed by atoms with Crippen LogP contribution in [0.5, 0.6) is 11.5 Å². The van der Waals surface area contributed by atoms with Crippen molar-refractivity contribution in [3.63, 3.8) is 0 Å². The van der Waals surface area contributed by atoms with Gasteiger partial charge in [0.05, 0.1) is 20.8 Å². The fraction of sp³-hybridized carbons (Fsp3) is 0.727. The van der Waals surface area contributed by atoms with Gasteiger partial charge in [-0.2, -0.15) is 0 Å². The van der Waals surface area contributed by atoms with Gasteiger partial charge in [-0.25, -0.2) is 0 Å². The average molecular weight is 375 g/mol. The summed E-state index contributed by atoms with van der Waals surface area (Å²) < 4.78 is 16.6.